The summed E-state index contributed by atoms with van der Waals surface area (Å²) < 4.78 is 53.2. The molecule has 0 amide bonds. The van der Waals surface area contributed by atoms with Gasteiger partial charge in [-0.2, -0.15) is 0 Å². The van der Waals surface area contributed by atoms with Gasteiger partial charge < -0.3 is 5.11 Å². The molecule has 0 spiro atoms. The largest absolute Gasteiger partial charge is 0.481 e. The molecule has 1 aromatic carbocycles. The number of aryl methyl sites for hydroxylation is 1. The number of benzene rings is 1. The highest BCUT2D eigenvalue weighted by molar-refractivity contribution is 7.90. The normalized spacial score (nSPS) is 13.0. The standard InChI is InChI=1S/C14H22N2O6S2/c1-10-9-11(5-6-12(10)24(21,22)15-4)23(19,20)16-14(2,3)8-7-13(17)18/h5-6,9,15-16H,7-8H2,1-4H3,(H,17,18). The fraction of sp³-hybridized carbons (Fsp3) is 0.500. The second-order valence-corrected chi connectivity index (χ2v) is 9.56. The molecule has 0 saturated carbocycles. The van der Waals surface area contributed by atoms with Crippen LogP contribution in [0.15, 0.2) is 28.0 Å². The number of rotatable bonds is 8. The number of sulfonamides is 2. The molecule has 10 heteroatoms. The maximum atomic E-state index is 12.5. The number of carbonyl (C=O) groups is 1. The lowest BCUT2D eigenvalue weighted by Crippen LogP contribution is -2.43. The van der Waals surface area contributed by atoms with Crippen LogP contribution in [0, 0.1) is 6.92 Å². The van der Waals surface area contributed by atoms with E-state index in [4.69, 9.17) is 5.11 Å². The van der Waals surface area contributed by atoms with Crippen molar-refractivity contribution in [3.63, 3.8) is 0 Å². The summed E-state index contributed by atoms with van der Waals surface area (Å²) in [5.41, 5.74) is -0.670. The monoisotopic (exact) mass is 378 g/mol. The summed E-state index contributed by atoms with van der Waals surface area (Å²) in [6.45, 7) is 4.67. The van der Waals surface area contributed by atoms with E-state index in [0.29, 0.717) is 0 Å². The number of aliphatic carboxylic acids is 1. The van der Waals surface area contributed by atoms with Crippen LogP contribution in [0.3, 0.4) is 0 Å². The first-order chi connectivity index (χ1) is 10.8. The molecule has 0 atom stereocenters. The van der Waals surface area contributed by atoms with Gasteiger partial charge in [-0.15, -0.1) is 0 Å². The Kier molecular flexibility index (Phi) is 6.15. The summed E-state index contributed by atoms with van der Waals surface area (Å²) in [5.74, 6) is -1.01. The molecular weight excluding hydrogens is 356 g/mol. The van der Waals surface area contributed by atoms with Gasteiger partial charge in [-0.1, -0.05) is 0 Å². The maximum absolute atomic E-state index is 12.5. The van der Waals surface area contributed by atoms with Gasteiger partial charge in [-0.05, 0) is 58.0 Å². The van der Waals surface area contributed by atoms with E-state index in [0.717, 1.165) is 0 Å². The van der Waals surface area contributed by atoms with Crippen molar-refractivity contribution in [1.82, 2.24) is 9.44 Å². The van der Waals surface area contributed by atoms with Crippen LogP contribution in [-0.2, 0) is 24.8 Å². The fourth-order valence-corrected chi connectivity index (χ4v) is 4.57. The van der Waals surface area contributed by atoms with E-state index in [1.54, 1.807) is 13.8 Å². The minimum absolute atomic E-state index is 0.00547. The first-order valence-electron chi connectivity index (χ1n) is 7.11. The van der Waals surface area contributed by atoms with E-state index in [-0.39, 0.29) is 28.2 Å². The zero-order valence-electron chi connectivity index (χ0n) is 14.0. The van der Waals surface area contributed by atoms with Crippen molar-refractivity contribution in [2.45, 2.75) is 48.9 Å². The van der Waals surface area contributed by atoms with Crippen LogP contribution >= 0.6 is 0 Å². The highest BCUT2D eigenvalue weighted by atomic mass is 32.2. The van der Waals surface area contributed by atoms with Gasteiger partial charge in [0.05, 0.1) is 9.79 Å². The zero-order chi connectivity index (χ0) is 18.8. The third-order valence-corrected chi connectivity index (χ3v) is 6.66. The molecule has 0 unspecified atom stereocenters. The maximum Gasteiger partial charge on any atom is 0.303 e. The second kappa shape index (κ2) is 7.18. The van der Waals surface area contributed by atoms with Crippen molar-refractivity contribution < 1.29 is 26.7 Å². The molecule has 0 radical (unpaired) electrons. The van der Waals surface area contributed by atoms with Gasteiger partial charge in [-0.25, -0.2) is 26.3 Å². The number of hydrogen-bond acceptors (Lipinski definition) is 5. The first-order valence-corrected chi connectivity index (χ1v) is 10.1. The molecule has 24 heavy (non-hydrogen) atoms. The van der Waals surface area contributed by atoms with E-state index in [2.05, 4.69) is 9.44 Å². The van der Waals surface area contributed by atoms with E-state index < -0.39 is 31.6 Å². The lowest BCUT2D eigenvalue weighted by molar-refractivity contribution is -0.137. The van der Waals surface area contributed by atoms with E-state index in [1.165, 1.54) is 32.2 Å². The lowest BCUT2D eigenvalue weighted by Gasteiger charge is -2.25. The molecule has 0 bridgehead atoms. The molecule has 0 fully saturated rings. The molecule has 3 N–H and O–H groups in total. The Morgan fingerprint density at radius 1 is 1.17 bits per heavy atom. The molecule has 0 heterocycles. The van der Waals surface area contributed by atoms with Gasteiger partial charge in [0.2, 0.25) is 20.0 Å². The van der Waals surface area contributed by atoms with Crippen molar-refractivity contribution >= 4 is 26.0 Å². The van der Waals surface area contributed by atoms with E-state index in [1.807, 2.05) is 0 Å². The van der Waals surface area contributed by atoms with Crippen LogP contribution in [0.25, 0.3) is 0 Å². The third-order valence-electron chi connectivity index (χ3n) is 3.39. The summed E-state index contributed by atoms with van der Waals surface area (Å²) in [4.78, 5) is 10.6. The quantitative estimate of drug-likeness (QED) is 0.614. The Balaban J connectivity index is 3.12. The van der Waals surface area contributed by atoms with Gasteiger partial charge in [0.15, 0.2) is 0 Å². The Bertz CT molecular complexity index is 829. The van der Waals surface area contributed by atoms with Crippen LogP contribution in [0.1, 0.15) is 32.3 Å². The molecule has 1 rings (SSSR count). The van der Waals surface area contributed by atoms with Crippen LogP contribution < -0.4 is 9.44 Å². The van der Waals surface area contributed by atoms with Crippen molar-refractivity contribution in [2.75, 3.05) is 7.05 Å². The summed E-state index contributed by atoms with van der Waals surface area (Å²) in [5, 5.41) is 8.72. The number of carboxylic acids is 1. The summed E-state index contributed by atoms with van der Waals surface area (Å²) in [6, 6.07) is 3.69. The number of carboxylic acid groups (broad SMARTS) is 1. The number of hydrogen-bond donors (Lipinski definition) is 3. The SMILES string of the molecule is CNS(=O)(=O)c1ccc(S(=O)(=O)NC(C)(C)CCC(=O)O)cc1C. The Morgan fingerprint density at radius 2 is 1.75 bits per heavy atom. The minimum Gasteiger partial charge on any atom is -0.481 e. The van der Waals surface area contributed by atoms with Crippen LogP contribution in [-0.4, -0.2) is 40.5 Å². The Morgan fingerprint density at radius 3 is 2.21 bits per heavy atom. The molecule has 8 nitrogen and oxygen atoms in total. The predicted octanol–water partition coefficient (Wildman–Crippen LogP) is 0.825. The highest BCUT2D eigenvalue weighted by Crippen LogP contribution is 2.22. The molecule has 0 aromatic heterocycles. The molecule has 0 saturated heterocycles. The average molecular weight is 378 g/mol. The summed E-state index contributed by atoms with van der Waals surface area (Å²) in [7, 11) is -6.32. The van der Waals surface area contributed by atoms with Gasteiger partial charge in [0.25, 0.3) is 0 Å². The minimum atomic E-state index is -3.92. The Hall–Kier alpha value is -1.49. The van der Waals surface area contributed by atoms with Crippen molar-refractivity contribution in [3.8, 4) is 0 Å². The van der Waals surface area contributed by atoms with E-state index in [9.17, 15) is 21.6 Å². The fourth-order valence-electron chi connectivity index (χ4n) is 2.09. The molecule has 0 aliphatic heterocycles. The molecule has 0 aliphatic carbocycles. The van der Waals surface area contributed by atoms with Crippen LogP contribution in [0.4, 0.5) is 0 Å². The molecule has 0 aliphatic rings. The van der Waals surface area contributed by atoms with E-state index >= 15 is 0 Å². The van der Waals surface area contributed by atoms with Crippen molar-refractivity contribution in [2.24, 2.45) is 0 Å². The topological polar surface area (TPSA) is 130 Å². The highest BCUT2D eigenvalue weighted by Gasteiger charge is 2.27. The van der Waals surface area contributed by atoms with Gasteiger partial charge in [0.1, 0.15) is 0 Å². The van der Waals surface area contributed by atoms with Gasteiger partial charge in [-0.3, -0.25) is 4.79 Å². The lowest BCUT2D eigenvalue weighted by atomic mass is 10.0. The van der Waals surface area contributed by atoms with Gasteiger partial charge >= 0.3 is 5.97 Å². The van der Waals surface area contributed by atoms with Crippen LogP contribution in [0.2, 0.25) is 0 Å². The Labute approximate surface area is 142 Å². The smallest absolute Gasteiger partial charge is 0.303 e. The van der Waals surface area contributed by atoms with Gasteiger partial charge in [0, 0.05) is 12.0 Å². The van der Waals surface area contributed by atoms with Crippen molar-refractivity contribution in [1.29, 1.82) is 0 Å². The summed E-state index contributed by atoms with van der Waals surface area (Å²) in [6.07, 6.45) is -0.0549. The summed E-state index contributed by atoms with van der Waals surface area (Å²) >= 11 is 0. The molecule has 1 aromatic rings. The molecular formula is C14H22N2O6S2. The average Bonchev–Trinajstić information content (AvgIpc) is 2.44. The molecule has 136 valence electrons. The third kappa shape index (κ3) is 5.26. The second-order valence-electron chi connectivity index (χ2n) is 6.02. The van der Waals surface area contributed by atoms with Crippen molar-refractivity contribution in [3.05, 3.63) is 23.8 Å². The number of nitrogens with one attached hydrogen (secondary N) is 2. The zero-order valence-corrected chi connectivity index (χ0v) is 15.6. The first kappa shape index (κ1) is 20.6. The van der Waals surface area contributed by atoms with Crippen LogP contribution in [0.5, 0.6) is 0 Å². The predicted molar refractivity (Wildman–Crippen MR) is 88.7 cm³/mol.